The average Bonchev–Trinajstić information content (AvgIpc) is 2.36. The van der Waals surface area contributed by atoms with Crippen LogP contribution in [-0.4, -0.2) is 26.3 Å². The molecule has 1 atom stereocenters. The van der Waals surface area contributed by atoms with Gasteiger partial charge in [-0.15, -0.1) is 0 Å². The minimum Gasteiger partial charge on any atom is -0.466 e. The molecular formula is C11H11NO4. The lowest BCUT2D eigenvalue weighted by molar-refractivity contribution is -0.150. The van der Waals surface area contributed by atoms with Gasteiger partial charge in [-0.1, -0.05) is 18.2 Å². The number of rotatable bonds is 1. The van der Waals surface area contributed by atoms with Crippen LogP contribution in [0.25, 0.3) is 0 Å². The van der Waals surface area contributed by atoms with Crippen molar-refractivity contribution in [2.45, 2.75) is 6.10 Å². The van der Waals surface area contributed by atoms with Gasteiger partial charge in [-0.2, -0.15) is 4.99 Å². The summed E-state index contributed by atoms with van der Waals surface area (Å²) in [5.41, 5.74) is 1.33. The second-order valence-corrected chi connectivity index (χ2v) is 3.16. The van der Waals surface area contributed by atoms with Gasteiger partial charge in [0.25, 0.3) is 0 Å². The molecule has 0 aliphatic carbocycles. The summed E-state index contributed by atoms with van der Waals surface area (Å²) in [4.78, 5) is 15.6. The third kappa shape index (κ3) is 1.71. The SMILES string of the molecule is COC(=O)C1OC(OC)=Nc2ccccc21. The van der Waals surface area contributed by atoms with Crippen molar-refractivity contribution in [3.8, 4) is 0 Å². The van der Waals surface area contributed by atoms with Gasteiger partial charge in [0.2, 0.25) is 6.10 Å². The number of fused-ring (bicyclic) bond motifs is 1. The Morgan fingerprint density at radius 1 is 1.38 bits per heavy atom. The van der Waals surface area contributed by atoms with Crippen molar-refractivity contribution in [3.05, 3.63) is 29.8 Å². The van der Waals surface area contributed by atoms with Gasteiger partial charge in [0.15, 0.2) is 0 Å². The Hall–Kier alpha value is -2.04. The molecule has 0 N–H and O–H groups in total. The minimum atomic E-state index is -0.811. The van der Waals surface area contributed by atoms with E-state index in [2.05, 4.69) is 9.73 Å². The average molecular weight is 221 g/mol. The Morgan fingerprint density at radius 2 is 2.12 bits per heavy atom. The number of hydrogen-bond donors (Lipinski definition) is 0. The van der Waals surface area contributed by atoms with E-state index in [1.807, 2.05) is 12.1 Å². The molecule has 0 saturated heterocycles. The second-order valence-electron chi connectivity index (χ2n) is 3.16. The van der Waals surface area contributed by atoms with Crippen LogP contribution < -0.4 is 0 Å². The van der Waals surface area contributed by atoms with Gasteiger partial charge < -0.3 is 14.2 Å². The van der Waals surface area contributed by atoms with E-state index in [1.54, 1.807) is 12.1 Å². The predicted molar refractivity (Wildman–Crippen MR) is 56.4 cm³/mol. The highest BCUT2D eigenvalue weighted by Gasteiger charge is 2.31. The predicted octanol–water partition coefficient (Wildman–Crippen LogP) is 1.56. The lowest BCUT2D eigenvalue weighted by atomic mass is 10.1. The molecule has 5 heteroatoms. The molecule has 16 heavy (non-hydrogen) atoms. The van der Waals surface area contributed by atoms with Crippen molar-refractivity contribution < 1.29 is 19.0 Å². The maximum Gasteiger partial charge on any atom is 0.389 e. The van der Waals surface area contributed by atoms with Crippen molar-refractivity contribution in [2.75, 3.05) is 14.2 Å². The molecule has 1 aromatic rings. The molecule has 0 bridgehead atoms. The zero-order valence-electron chi connectivity index (χ0n) is 8.97. The number of ether oxygens (including phenoxy) is 3. The van der Waals surface area contributed by atoms with Crippen molar-refractivity contribution in [2.24, 2.45) is 4.99 Å². The summed E-state index contributed by atoms with van der Waals surface area (Å²) in [6, 6.07) is 7.19. The highest BCUT2D eigenvalue weighted by atomic mass is 16.7. The quantitative estimate of drug-likeness (QED) is 0.675. The number of benzene rings is 1. The van der Waals surface area contributed by atoms with Gasteiger partial charge in [-0.05, 0) is 6.07 Å². The zero-order valence-corrected chi connectivity index (χ0v) is 8.97. The molecular weight excluding hydrogens is 210 g/mol. The van der Waals surface area contributed by atoms with Crippen LogP contribution in [0.2, 0.25) is 0 Å². The van der Waals surface area contributed by atoms with Crippen molar-refractivity contribution in [1.82, 2.24) is 0 Å². The minimum absolute atomic E-state index is 0.0640. The van der Waals surface area contributed by atoms with Gasteiger partial charge >= 0.3 is 12.1 Å². The summed E-state index contributed by atoms with van der Waals surface area (Å²) in [5.74, 6) is -0.475. The van der Waals surface area contributed by atoms with Crippen LogP contribution in [0.4, 0.5) is 5.69 Å². The molecule has 0 amide bonds. The van der Waals surface area contributed by atoms with E-state index in [4.69, 9.17) is 9.47 Å². The fourth-order valence-corrected chi connectivity index (χ4v) is 1.48. The molecule has 2 rings (SSSR count). The molecule has 1 heterocycles. The van der Waals surface area contributed by atoms with E-state index in [0.29, 0.717) is 11.3 Å². The van der Waals surface area contributed by atoms with Gasteiger partial charge in [0.1, 0.15) is 0 Å². The number of para-hydroxylation sites is 1. The molecule has 0 aromatic heterocycles. The highest BCUT2D eigenvalue weighted by Crippen LogP contribution is 2.33. The zero-order chi connectivity index (χ0) is 11.5. The molecule has 0 spiro atoms. The highest BCUT2D eigenvalue weighted by molar-refractivity contribution is 5.85. The molecule has 1 aliphatic rings. The van der Waals surface area contributed by atoms with Crippen LogP contribution in [0.1, 0.15) is 11.7 Å². The second kappa shape index (κ2) is 4.22. The van der Waals surface area contributed by atoms with E-state index in [-0.39, 0.29) is 6.08 Å². The maximum atomic E-state index is 11.5. The van der Waals surface area contributed by atoms with Crippen LogP contribution in [0.3, 0.4) is 0 Å². The van der Waals surface area contributed by atoms with Crippen molar-refractivity contribution in [1.29, 1.82) is 0 Å². The first-order valence-corrected chi connectivity index (χ1v) is 4.72. The van der Waals surface area contributed by atoms with Gasteiger partial charge in [-0.3, -0.25) is 0 Å². The Labute approximate surface area is 92.6 Å². The van der Waals surface area contributed by atoms with Crippen LogP contribution in [-0.2, 0) is 19.0 Å². The number of hydrogen-bond acceptors (Lipinski definition) is 5. The van der Waals surface area contributed by atoms with Gasteiger partial charge in [0, 0.05) is 5.56 Å². The summed E-state index contributed by atoms with van der Waals surface area (Å²) < 4.78 is 14.8. The largest absolute Gasteiger partial charge is 0.466 e. The number of esters is 1. The molecule has 1 aromatic carbocycles. The Bertz CT molecular complexity index is 441. The fourth-order valence-electron chi connectivity index (χ4n) is 1.48. The van der Waals surface area contributed by atoms with E-state index in [1.165, 1.54) is 14.2 Å². The standard InChI is InChI=1S/C11H11NO4/c1-14-10(13)9-7-5-3-4-6-8(7)12-11(15-2)16-9/h3-6,9H,1-2H3. The van der Waals surface area contributed by atoms with E-state index >= 15 is 0 Å². The molecule has 0 saturated carbocycles. The Balaban J connectivity index is 2.44. The molecule has 1 unspecified atom stereocenters. The number of methoxy groups -OCH3 is 2. The number of carbonyl (C=O) groups excluding carboxylic acids is 1. The summed E-state index contributed by atoms with van der Waals surface area (Å²) in [7, 11) is 2.74. The van der Waals surface area contributed by atoms with E-state index in [9.17, 15) is 4.79 Å². The molecule has 0 radical (unpaired) electrons. The summed E-state index contributed by atoms with van der Waals surface area (Å²) in [6.45, 7) is 0. The lowest BCUT2D eigenvalue weighted by Crippen LogP contribution is -2.24. The first kappa shape index (κ1) is 10.5. The van der Waals surface area contributed by atoms with Crippen LogP contribution in [0, 0.1) is 0 Å². The Kier molecular flexibility index (Phi) is 2.76. The summed E-state index contributed by atoms with van der Waals surface area (Å²) in [6.07, 6.45) is -0.747. The third-order valence-electron chi connectivity index (χ3n) is 2.24. The smallest absolute Gasteiger partial charge is 0.389 e. The first-order chi connectivity index (χ1) is 7.76. The lowest BCUT2D eigenvalue weighted by Gasteiger charge is -2.22. The summed E-state index contributed by atoms with van der Waals surface area (Å²) in [5, 5.41) is 0. The normalized spacial score (nSPS) is 17.9. The monoisotopic (exact) mass is 221 g/mol. The molecule has 84 valence electrons. The number of carbonyl (C=O) groups is 1. The first-order valence-electron chi connectivity index (χ1n) is 4.72. The number of nitrogens with zero attached hydrogens (tertiary/aromatic N) is 1. The topological polar surface area (TPSA) is 57.1 Å². The molecule has 0 fully saturated rings. The fraction of sp³-hybridized carbons (Fsp3) is 0.273. The third-order valence-corrected chi connectivity index (χ3v) is 2.24. The molecule has 5 nitrogen and oxygen atoms in total. The van der Waals surface area contributed by atoms with Crippen LogP contribution in [0.5, 0.6) is 0 Å². The van der Waals surface area contributed by atoms with E-state index < -0.39 is 12.1 Å². The van der Waals surface area contributed by atoms with Gasteiger partial charge in [-0.25, -0.2) is 4.79 Å². The summed E-state index contributed by atoms with van der Waals surface area (Å²) >= 11 is 0. The number of aliphatic imine (C=N–C) groups is 1. The Morgan fingerprint density at radius 3 is 2.81 bits per heavy atom. The van der Waals surface area contributed by atoms with Crippen molar-refractivity contribution >= 4 is 17.7 Å². The van der Waals surface area contributed by atoms with Crippen LogP contribution >= 0.6 is 0 Å². The van der Waals surface area contributed by atoms with E-state index in [0.717, 1.165) is 0 Å². The van der Waals surface area contributed by atoms with Gasteiger partial charge in [0.05, 0.1) is 19.9 Å². The maximum absolute atomic E-state index is 11.5. The van der Waals surface area contributed by atoms with Crippen LogP contribution in [0.15, 0.2) is 29.3 Å². The van der Waals surface area contributed by atoms with Crippen molar-refractivity contribution in [3.63, 3.8) is 0 Å². The molecule has 1 aliphatic heterocycles.